The number of rotatable bonds is 1. The Hall–Kier alpha value is -2.46. The van der Waals surface area contributed by atoms with Crippen molar-refractivity contribution < 1.29 is 36.6 Å². The van der Waals surface area contributed by atoms with Gasteiger partial charge in [0, 0.05) is 28.2 Å². The number of aliphatic hydroxyl groups is 2. The van der Waals surface area contributed by atoms with Gasteiger partial charge in [-0.15, -0.1) is 0 Å². The van der Waals surface area contributed by atoms with Crippen LogP contribution >= 0.6 is 0 Å². The molecule has 1 aliphatic rings. The van der Waals surface area contributed by atoms with Crippen LogP contribution < -0.4 is 0 Å². The lowest BCUT2D eigenvalue weighted by Gasteiger charge is -2.27. The average Bonchev–Trinajstić information content (AvgIpc) is 3.04. The molecular formula is C18H12F6N2O2. The fraction of sp³-hybridized carbons (Fsp3) is 0.333. The van der Waals surface area contributed by atoms with Crippen molar-refractivity contribution in [1.82, 2.24) is 9.97 Å². The molecule has 2 aromatic heterocycles. The van der Waals surface area contributed by atoms with Crippen LogP contribution in [-0.2, 0) is 24.8 Å². The normalized spacial score (nSPS) is 15.4. The van der Waals surface area contributed by atoms with Crippen LogP contribution in [0.25, 0.3) is 21.8 Å². The van der Waals surface area contributed by atoms with Crippen molar-refractivity contribution in [3.63, 3.8) is 0 Å². The van der Waals surface area contributed by atoms with Crippen molar-refractivity contribution in [3.8, 4) is 0 Å². The minimum Gasteiger partial charge on any atom is -0.355 e. The SMILES string of the molecule is OC(O)(c1cc2c(C(F)(F)F)c3c(nc2c2cccnc12)CCC3)C(F)(F)F. The second-order valence-corrected chi connectivity index (χ2v) is 6.65. The number of aryl methyl sites for hydroxylation is 1. The zero-order valence-electron chi connectivity index (χ0n) is 14.0. The molecule has 2 N–H and O–H groups in total. The second-order valence-electron chi connectivity index (χ2n) is 6.65. The lowest BCUT2D eigenvalue weighted by atomic mass is 9.93. The summed E-state index contributed by atoms with van der Waals surface area (Å²) in [7, 11) is 0. The number of hydrogen-bond donors (Lipinski definition) is 2. The molecule has 28 heavy (non-hydrogen) atoms. The Morgan fingerprint density at radius 1 is 0.929 bits per heavy atom. The largest absolute Gasteiger partial charge is 0.447 e. The van der Waals surface area contributed by atoms with E-state index in [-0.39, 0.29) is 28.6 Å². The predicted molar refractivity (Wildman–Crippen MR) is 86.2 cm³/mol. The molecule has 4 rings (SSSR count). The van der Waals surface area contributed by atoms with Crippen LogP contribution in [0.3, 0.4) is 0 Å². The monoisotopic (exact) mass is 402 g/mol. The topological polar surface area (TPSA) is 66.2 Å². The van der Waals surface area contributed by atoms with Gasteiger partial charge in [0.05, 0.1) is 16.6 Å². The first-order valence-electron chi connectivity index (χ1n) is 8.25. The molecule has 0 spiro atoms. The van der Waals surface area contributed by atoms with Gasteiger partial charge in [0.1, 0.15) is 0 Å². The third-order valence-corrected chi connectivity index (χ3v) is 4.92. The van der Waals surface area contributed by atoms with Crippen LogP contribution in [0.15, 0.2) is 24.4 Å². The number of benzene rings is 1. The number of hydrogen-bond acceptors (Lipinski definition) is 4. The Bertz CT molecular complexity index is 1110. The minimum atomic E-state index is -5.55. The summed E-state index contributed by atoms with van der Waals surface area (Å²) >= 11 is 0. The lowest BCUT2D eigenvalue weighted by molar-refractivity contribution is -0.357. The van der Waals surface area contributed by atoms with Crippen LogP contribution in [0.1, 0.15) is 28.8 Å². The summed E-state index contributed by atoms with van der Waals surface area (Å²) in [5.74, 6) is -4.38. The maximum Gasteiger partial charge on any atom is 0.447 e. The summed E-state index contributed by atoms with van der Waals surface area (Å²) < 4.78 is 81.2. The van der Waals surface area contributed by atoms with Crippen LogP contribution in [0.5, 0.6) is 0 Å². The molecule has 0 saturated heterocycles. The average molecular weight is 402 g/mol. The first-order chi connectivity index (χ1) is 12.9. The number of aromatic nitrogens is 2. The lowest BCUT2D eigenvalue weighted by Crippen LogP contribution is -2.42. The molecule has 0 aliphatic heterocycles. The molecule has 4 nitrogen and oxygen atoms in total. The molecule has 1 aliphatic carbocycles. The van der Waals surface area contributed by atoms with Gasteiger partial charge in [-0.2, -0.15) is 26.3 Å². The maximum absolute atomic E-state index is 13.8. The standard InChI is InChI=1S/C18H12F6N2O2/c19-17(20,21)13-8-3-1-5-12(8)26-14-9-4-2-6-25-15(9)11(7-10(13)14)16(27,28)18(22,23)24/h2,4,6-7,27-28H,1,3,5H2. The quantitative estimate of drug-likeness (QED) is 0.367. The van der Waals surface area contributed by atoms with E-state index in [0.717, 1.165) is 6.20 Å². The van der Waals surface area contributed by atoms with Gasteiger partial charge in [-0.25, -0.2) is 0 Å². The van der Waals surface area contributed by atoms with Gasteiger partial charge < -0.3 is 10.2 Å². The Morgan fingerprint density at radius 2 is 1.64 bits per heavy atom. The summed E-state index contributed by atoms with van der Waals surface area (Å²) in [6.45, 7) is 0. The van der Waals surface area contributed by atoms with E-state index in [2.05, 4.69) is 9.97 Å². The number of alkyl halides is 6. The Balaban J connectivity index is 2.23. The Labute approximate surface area is 153 Å². The molecule has 2 heterocycles. The predicted octanol–water partition coefficient (Wildman–Crippen LogP) is 3.99. The van der Waals surface area contributed by atoms with E-state index in [9.17, 15) is 36.6 Å². The highest BCUT2D eigenvalue weighted by Crippen LogP contribution is 2.46. The van der Waals surface area contributed by atoms with Crippen molar-refractivity contribution in [3.05, 3.63) is 46.8 Å². The number of fused-ring (bicyclic) bond motifs is 4. The van der Waals surface area contributed by atoms with Crippen molar-refractivity contribution >= 4 is 21.8 Å². The van der Waals surface area contributed by atoms with Crippen molar-refractivity contribution in [2.45, 2.75) is 37.4 Å². The van der Waals surface area contributed by atoms with Gasteiger partial charge in [-0.3, -0.25) is 9.97 Å². The van der Waals surface area contributed by atoms with E-state index < -0.39 is 40.2 Å². The molecule has 0 bridgehead atoms. The Morgan fingerprint density at radius 3 is 2.29 bits per heavy atom. The smallest absolute Gasteiger partial charge is 0.355 e. The highest BCUT2D eigenvalue weighted by Gasteiger charge is 2.55. The molecule has 0 fully saturated rings. The van der Waals surface area contributed by atoms with Crippen molar-refractivity contribution in [1.29, 1.82) is 0 Å². The van der Waals surface area contributed by atoms with Crippen LogP contribution in [0.2, 0.25) is 0 Å². The zero-order valence-corrected chi connectivity index (χ0v) is 14.0. The van der Waals surface area contributed by atoms with E-state index in [0.29, 0.717) is 18.9 Å². The third kappa shape index (κ3) is 2.62. The van der Waals surface area contributed by atoms with E-state index in [1.807, 2.05) is 0 Å². The zero-order chi connectivity index (χ0) is 20.5. The molecular weight excluding hydrogens is 390 g/mol. The molecule has 148 valence electrons. The third-order valence-electron chi connectivity index (χ3n) is 4.92. The maximum atomic E-state index is 13.8. The summed E-state index contributed by atoms with van der Waals surface area (Å²) in [5.41, 5.74) is -2.73. The summed E-state index contributed by atoms with van der Waals surface area (Å²) in [6.07, 6.45) is -8.43. The van der Waals surface area contributed by atoms with Gasteiger partial charge in [0.25, 0.3) is 5.79 Å². The van der Waals surface area contributed by atoms with Crippen LogP contribution in [0, 0.1) is 0 Å². The van der Waals surface area contributed by atoms with Crippen LogP contribution in [0.4, 0.5) is 26.3 Å². The highest BCUT2D eigenvalue weighted by atomic mass is 19.4. The van der Waals surface area contributed by atoms with Gasteiger partial charge >= 0.3 is 12.4 Å². The summed E-state index contributed by atoms with van der Waals surface area (Å²) in [6, 6.07) is 3.08. The van der Waals surface area contributed by atoms with Gasteiger partial charge in [-0.05, 0) is 43.0 Å². The number of nitrogens with zero attached hydrogens (tertiary/aromatic N) is 2. The van der Waals surface area contributed by atoms with Gasteiger partial charge in [0.2, 0.25) is 0 Å². The first kappa shape index (κ1) is 18.9. The molecule has 0 radical (unpaired) electrons. The second kappa shape index (κ2) is 5.77. The fourth-order valence-electron chi connectivity index (χ4n) is 3.71. The van der Waals surface area contributed by atoms with Gasteiger partial charge in [-0.1, -0.05) is 0 Å². The Kier molecular flexibility index (Phi) is 3.89. The van der Waals surface area contributed by atoms with Crippen molar-refractivity contribution in [2.24, 2.45) is 0 Å². The highest BCUT2D eigenvalue weighted by molar-refractivity contribution is 6.07. The fourth-order valence-corrected chi connectivity index (χ4v) is 3.71. The molecule has 0 unspecified atom stereocenters. The molecule has 10 heteroatoms. The summed E-state index contributed by atoms with van der Waals surface area (Å²) in [4.78, 5) is 8.01. The molecule has 0 amide bonds. The van der Waals surface area contributed by atoms with Crippen molar-refractivity contribution in [2.75, 3.05) is 0 Å². The van der Waals surface area contributed by atoms with E-state index in [1.54, 1.807) is 0 Å². The molecule has 0 atom stereocenters. The number of pyridine rings is 2. The molecule has 1 aromatic carbocycles. The molecule has 3 aromatic rings. The van der Waals surface area contributed by atoms with E-state index >= 15 is 0 Å². The van der Waals surface area contributed by atoms with E-state index in [4.69, 9.17) is 0 Å². The minimum absolute atomic E-state index is 0.0670. The first-order valence-corrected chi connectivity index (χ1v) is 8.25. The van der Waals surface area contributed by atoms with E-state index in [1.165, 1.54) is 12.1 Å². The molecule has 0 saturated carbocycles. The van der Waals surface area contributed by atoms with Gasteiger partial charge in [0.15, 0.2) is 0 Å². The number of halogens is 6. The van der Waals surface area contributed by atoms with Crippen LogP contribution in [-0.4, -0.2) is 26.4 Å². The summed E-state index contributed by atoms with van der Waals surface area (Å²) in [5, 5.41) is 18.8.